The molecule has 4 aromatic rings. The van der Waals surface area contributed by atoms with Gasteiger partial charge in [-0.3, -0.25) is 4.79 Å². The summed E-state index contributed by atoms with van der Waals surface area (Å²) in [6.07, 6.45) is -4.59. The topological polar surface area (TPSA) is 57.6 Å². The van der Waals surface area contributed by atoms with E-state index in [0.29, 0.717) is 10.6 Å². The number of halogens is 4. The molecule has 1 saturated heterocycles. The van der Waals surface area contributed by atoms with Crippen molar-refractivity contribution in [3.05, 3.63) is 107 Å². The van der Waals surface area contributed by atoms with Gasteiger partial charge in [-0.2, -0.15) is 13.2 Å². The molecule has 6 nitrogen and oxygen atoms in total. The number of anilines is 1. The number of hydrogen-bond acceptors (Lipinski definition) is 2. The molecule has 1 N–H and O–H groups in total. The van der Waals surface area contributed by atoms with Crippen molar-refractivity contribution in [1.29, 1.82) is 0 Å². The first-order chi connectivity index (χ1) is 19.1. The van der Waals surface area contributed by atoms with Gasteiger partial charge in [-0.15, -0.1) is 0 Å². The third-order valence-electron chi connectivity index (χ3n) is 6.97. The Bertz CT molecular complexity index is 1540. The number of nitrogens with one attached hydrogen (secondary N) is 1. The number of urea groups is 1. The molecule has 40 heavy (non-hydrogen) atoms. The summed E-state index contributed by atoms with van der Waals surface area (Å²) in [6.45, 7) is 2.71. The average Bonchev–Trinajstić information content (AvgIpc) is 3.30. The zero-order chi connectivity index (χ0) is 28.4. The fourth-order valence-corrected chi connectivity index (χ4v) is 5.12. The molecule has 3 aromatic carbocycles. The maximum absolute atomic E-state index is 13.7. The second-order valence-corrected chi connectivity index (χ2v) is 9.84. The van der Waals surface area contributed by atoms with Crippen LogP contribution in [0.3, 0.4) is 0 Å². The second kappa shape index (κ2) is 11.1. The third-order valence-corrected chi connectivity index (χ3v) is 7.29. The van der Waals surface area contributed by atoms with Crippen LogP contribution in [0.15, 0.2) is 84.9 Å². The summed E-state index contributed by atoms with van der Waals surface area (Å²) in [5, 5.41) is 2.92. The second-order valence-electron chi connectivity index (χ2n) is 9.43. The molecule has 1 fully saturated rings. The first kappa shape index (κ1) is 27.3. The Hall–Kier alpha value is -4.24. The van der Waals surface area contributed by atoms with E-state index >= 15 is 0 Å². The van der Waals surface area contributed by atoms with Crippen molar-refractivity contribution in [3.8, 4) is 16.9 Å². The van der Waals surface area contributed by atoms with Crippen LogP contribution in [0.2, 0.25) is 5.02 Å². The first-order valence-corrected chi connectivity index (χ1v) is 13.1. The van der Waals surface area contributed by atoms with Crippen molar-refractivity contribution >= 4 is 29.2 Å². The van der Waals surface area contributed by atoms with Crippen LogP contribution in [0, 0.1) is 6.92 Å². The summed E-state index contributed by atoms with van der Waals surface area (Å²) in [5.74, 6) is -0.192. The van der Waals surface area contributed by atoms with E-state index in [-0.39, 0.29) is 37.8 Å². The zero-order valence-electron chi connectivity index (χ0n) is 21.6. The normalized spacial score (nSPS) is 13.8. The number of piperazine rings is 1. The monoisotopic (exact) mass is 566 g/mol. The number of hydrogen-bond donors (Lipinski definition) is 1. The largest absolute Gasteiger partial charge is 0.418 e. The van der Waals surface area contributed by atoms with E-state index in [1.54, 1.807) is 11.0 Å². The number of amides is 3. The maximum Gasteiger partial charge on any atom is 0.418 e. The Balaban J connectivity index is 1.35. The van der Waals surface area contributed by atoms with Crippen LogP contribution in [-0.4, -0.2) is 52.5 Å². The summed E-state index contributed by atoms with van der Waals surface area (Å²) < 4.78 is 41.9. The highest BCUT2D eigenvalue weighted by Gasteiger charge is 2.34. The van der Waals surface area contributed by atoms with Crippen molar-refractivity contribution in [1.82, 2.24) is 14.4 Å². The summed E-state index contributed by atoms with van der Waals surface area (Å²) in [5.41, 5.74) is 2.51. The molecule has 1 aromatic heterocycles. The maximum atomic E-state index is 13.7. The molecule has 0 bridgehead atoms. The Morgan fingerprint density at radius 2 is 1.43 bits per heavy atom. The SMILES string of the molecule is Cc1c(C(=O)N2CCN(C(=O)Nc3ccccc3C(F)(F)F)CC2)cc(-c2ccccc2)n1-c1ccccc1Cl. The molecule has 2 heterocycles. The standard InChI is InChI=1S/C30H26ClF3N4O2/c1-20-22(19-27(21-9-3-2-4-10-21)38(20)26-14-8-6-12-24(26)31)28(39)36-15-17-37(18-16-36)29(40)35-25-13-7-5-11-23(25)30(32,33)34/h2-14,19H,15-18H2,1H3,(H,35,40). The van der Waals surface area contributed by atoms with Gasteiger partial charge < -0.3 is 19.7 Å². The van der Waals surface area contributed by atoms with E-state index < -0.39 is 17.8 Å². The molecule has 10 heteroatoms. The Morgan fingerprint density at radius 1 is 0.825 bits per heavy atom. The van der Waals surface area contributed by atoms with E-state index in [9.17, 15) is 22.8 Å². The summed E-state index contributed by atoms with van der Waals surface area (Å²) in [6, 6.07) is 23.2. The van der Waals surface area contributed by atoms with Crippen molar-refractivity contribution in [3.63, 3.8) is 0 Å². The van der Waals surface area contributed by atoms with Gasteiger partial charge in [-0.05, 0) is 42.8 Å². The number of alkyl halides is 3. The number of para-hydroxylation sites is 2. The van der Waals surface area contributed by atoms with Crippen LogP contribution in [0.1, 0.15) is 21.6 Å². The number of aromatic nitrogens is 1. The lowest BCUT2D eigenvalue weighted by molar-refractivity contribution is -0.136. The number of benzene rings is 3. The van der Waals surface area contributed by atoms with Gasteiger partial charge in [0, 0.05) is 31.9 Å². The van der Waals surface area contributed by atoms with E-state index in [1.807, 2.05) is 66.1 Å². The van der Waals surface area contributed by atoms with Gasteiger partial charge in [0.05, 0.1) is 33.2 Å². The van der Waals surface area contributed by atoms with Crippen LogP contribution < -0.4 is 5.32 Å². The van der Waals surface area contributed by atoms with Gasteiger partial charge in [0.1, 0.15) is 0 Å². The quantitative estimate of drug-likeness (QED) is 0.286. The van der Waals surface area contributed by atoms with Crippen LogP contribution in [0.25, 0.3) is 16.9 Å². The molecule has 206 valence electrons. The minimum Gasteiger partial charge on any atom is -0.335 e. The van der Waals surface area contributed by atoms with E-state index in [1.165, 1.54) is 23.1 Å². The zero-order valence-corrected chi connectivity index (χ0v) is 22.3. The van der Waals surface area contributed by atoms with Gasteiger partial charge in [0.2, 0.25) is 0 Å². The van der Waals surface area contributed by atoms with Crippen molar-refractivity contribution in [2.75, 3.05) is 31.5 Å². The minimum atomic E-state index is -4.59. The summed E-state index contributed by atoms with van der Waals surface area (Å²) in [7, 11) is 0. The van der Waals surface area contributed by atoms with Crippen molar-refractivity contribution < 1.29 is 22.8 Å². The molecule has 0 unspecified atom stereocenters. The molecular weight excluding hydrogens is 541 g/mol. The lowest BCUT2D eigenvalue weighted by Crippen LogP contribution is -2.51. The van der Waals surface area contributed by atoms with Crippen LogP contribution >= 0.6 is 11.6 Å². The number of rotatable bonds is 4. The molecule has 0 aliphatic carbocycles. The minimum absolute atomic E-state index is 0.182. The van der Waals surface area contributed by atoms with Gasteiger partial charge in [-0.25, -0.2) is 4.79 Å². The summed E-state index contributed by atoms with van der Waals surface area (Å²) >= 11 is 6.54. The van der Waals surface area contributed by atoms with Crippen molar-refractivity contribution in [2.24, 2.45) is 0 Å². The van der Waals surface area contributed by atoms with E-state index in [2.05, 4.69) is 5.32 Å². The Kier molecular flexibility index (Phi) is 7.58. The highest BCUT2D eigenvalue weighted by atomic mass is 35.5. The molecule has 3 amide bonds. The molecular formula is C30H26ClF3N4O2. The molecule has 1 aliphatic heterocycles. The third kappa shape index (κ3) is 5.42. The van der Waals surface area contributed by atoms with Crippen molar-refractivity contribution in [2.45, 2.75) is 13.1 Å². The van der Waals surface area contributed by atoms with Gasteiger partial charge in [-0.1, -0.05) is 66.2 Å². The molecule has 5 rings (SSSR count). The molecule has 0 atom stereocenters. The Labute approximate surface area is 234 Å². The molecule has 0 radical (unpaired) electrons. The van der Waals surface area contributed by atoms with E-state index in [4.69, 9.17) is 11.6 Å². The predicted octanol–water partition coefficient (Wildman–Crippen LogP) is 7.11. The lowest BCUT2D eigenvalue weighted by Gasteiger charge is -2.35. The fraction of sp³-hybridized carbons (Fsp3) is 0.200. The van der Waals surface area contributed by atoms with Gasteiger partial charge >= 0.3 is 12.2 Å². The van der Waals surface area contributed by atoms with Crippen LogP contribution in [-0.2, 0) is 6.18 Å². The van der Waals surface area contributed by atoms with Crippen LogP contribution in [0.5, 0.6) is 0 Å². The van der Waals surface area contributed by atoms with Gasteiger partial charge in [0.15, 0.2) is 0 Å². The highest BCUT2D eigenvalue weighted by molar-refractivity contribution is 6.32. The average molecular weight is 567 g/mol. The number of carbonyl (C=O) groups is 2. The smallest absolute Gasteiger partial charge is 0.335 e. The fourth-order valence-electron chi connectivity index (χ4n) is 4.90. The predicted molar refractivity (Wildman–Crippen MR) is 149 cm³/mol. The number of carbonyl (C=O) groups excluding carboxylic acids is 2. The van der Waals surface area contributed by atoms with Crippen LogP contribution in [0.4, 0.5) is 23.7 Å². The molecule has 1 aliphatic rings. The van der Waals surface area contributed by atoms with Gasteiger partial charge in [0.25, 0.3) is 5.91 Å². The highest BCUT2D eigenvalue weighted by Crippen LogP contribution is 2.35. The lowest BCUT2D eigenvalue weighted by atomic mass is 10.1. The molecule has 0 saturated carbocycles. The first-order valence-electron chi connectivity index (χ1n) is 12.7. The number of nitrogens with zero attached hydrogens (tertiary/aromatic N) is 3. The molecule has 0 spiro atoms. The van der Waals surface area contributed by atoms with E-state index in [0.717, 1.165) is 28.7 Å². The summed E-state index contributed by atoms with van der Waals surface area (Å²) in [4.78, 5) is 29.5. The Morgan fingerprint density at radius 3 is 2.10 bits per heavy atom.